The van der Waals surface area contributed by atoms with Crippen molar-refractivity contribution in [1.82, 2.24) is 0 Å². The van der Waals surface area contributed by atoms with Crippen LogP contribution in [0, 0.1) is 18.3 Å². The topological polar surface area (TPSA) is 67.4 Å². The van der Waals surface area contributed by atoms with Crippen molar-refractivity contribution in [2.45, 2.75) is 47.0 Å². The molecule has 0 fully saturated rings. The maximum atomic E-state index is 13.6. The monoisotopic (exact) mass is 476 g/mol. The van der Waals surface area contributed by atoms with E-state index < -0.39 is 0 Å². The fraction of sp³-hybridized carbons (Fsp3) is 0.357. The second kappa shape index (κ2) is 9.63. The number of aryl methyl sites for hydroxylation is 1. The summed E-state index contributed by atoms with van der Waals surface area (Å²) >= 11 is 1.54. The Morgan fingerprint density at radius 3 is 2.41 bits per heavy atom. The van der Waals surface area contributed by atoms with E-state index in [1.165, 1.54) is 16.2 Å². The van der Waals surface area contributed by atoms with Crippen LogP contribution >= 0.6 is 11.3 Å². The summed E-state index contributed by atoms with van der Waals surface area (Å²) in [6, 6.07) is 14.8. The fourth-order valence-corrected chi connectivity index (χ4v) is 5.90. The van der Waals surface area contributed by atoms with E-state index in [0.29, 0.717) is 33.5 Å². The molecule has 178 valence electrons. The van der Waals surface area contributed by atoms with Crippen molar-refractivity contribution in [2.24, 2.45) is 11.3 Å². The minimum atomic E-state index is -0.226. The lowest BCUT2D eigenvalue weighted by Crippen LogP contribution is -2.27. The molecular formula is C28H32N2O3S. The van der Waals surface area contributed by atoms with E-state index in [-0.39, 0.29) is 17.2 Å². The second-order valence-electron chi connectivity index (χ2n) is 9.94. The van der Waals surface area contributed by atoms with Crippen LogP contribution in [0.5, 0.6) is 5.75 Å². The number of fused-ring (bicyclic) bond motifs is 1. The van der Waals surface area contributed by atoms with Gasteiger partial charge in [-0.2, -0.15) is 0 Å². The lowest BCUT2D eigenvalue weighted by Gasteiger charge is -2.33. The van der Waals surface area contributed by atoms with Crippen molar-refractivity contribution in [1.29, 1.82) is 0 Å². The zero-order chi connectivity index (χ0) is 24.5. The molecule has 2 aromatic carbocycles. The van der Waals surface area contributed by atoms with Gasteiger partial charge in [0, 0.05) is 10.4 Å². The van der Waals surface area contributed by atoms with Crippen LogP contribution in [0.3, 0.4) is 0 Å². The Hall–Kier alpha value is -3.12. The van der Waals surface area contributed by atoms with E-state index in [4.69, 9.17) is 4.74 Å². The zero-order valence-electron chi connectivity index (χ0n) is 20.5. The average Bonchev–Trinajstić information content (AvgIpc) is 3.16. The first-order valence-corrected chi connectivity index (χ1v) is 12.5. The van der Waals surface area contributed by atoms with Gasteiger partial charge >= 0.3 is 0 Å². The number of carbonyl (C=O) groups is 2. The standard InChI is InChI=1S/C28H32N2O3S/c1-17-10-6-7-11-19(17)25(31)30-27-24(26(32)29-21-12-8-9-13-22(21)33-5)20-15-14-18(28(2,3)4)16-23(20)34-27/h6-13,18H,14-16H2,1-5H3,(H,29,32)(H,30,31)/t18-/m1/s1. The first-order valence-electron chi connectivity index (χ1n) is 11.6. The number of nitrogens with one attached hydrogen (secondary N) is 2. The summed E-state index contributed by atoms with van der Waals surface area (Å²) < 4.78 is 5.41. The van der Waals surface area contributed by atoms with Gasteiger partial charge in [-0.15, -0.1) is 11.3 Å². The van der Waals surface area contributed by atoms with Crippen LogP contribution in [0.15, 0.2) is 48.5 Å². The normalized spacial score (nSPS) is 15.4. The predicted octanol–water partition coefficient (Wildman–Crippen LogP) is 6.72. The van der Waals surface area contributed by atoms with Crippen LogP contribution in [0.1, 0.15) is 63.9 Å². The number of benzene rings is 2. The van der Waals surface area contributed by atoms with Crippen molar-refractivity contribution in [3.05, 3.63) is 75.7 Å². The molecule has 0 radical (unpaired) electrons. The Bertz CT molecular complexity index is 1220. The molecule has 1 aliphatic rings. The van der Waals surface area contributed by atoms with Gasteiger partial charge in [-0.05, 0) is 66.8 Å². The van der Waals surface area contributed by atoms with Crippen molar-refractivity contribution >= 4 is 33.8 Å². The molecule has 0 spiro atoms. The van der Waals surface area contributed by atoms with Gasteiger partial charge in [0.25, 0.3) is 11.8 Å². The third-order valence-corrected chi connectivity index (χ3v) is 7.86. The lowest BCUT2D eigenvalue weighted by atomic mass is 9.72. The smallest absolute Gasteiger partial charge is 0.259 e. The van der Waals surface area contributed by atoms with E-state index in [1.54, 1.807) is 7.11 Å². The fourth-order valence-electron chi connectivity index (χ4n) is 4.58. The van der Waals surface area contributed by atoms with Crippen LogP contribution in [-0.4, -0.2) is 18.9 Å². The second-order valence-corrected chi connectivity index (χ2v) is 11.0. The van der Waals surface area contributed by atoms with Gasteiger partial charge in [0.1, 0.15) is 10.8 Å². The van der Waals surface area contributed by atoms with E-state index in [9.17, 15) is 9.59 Å². The van der Waals surface area contributed by atoms with Crippen molar-refractivity contribution in [3.8, 4) is 5.75 Å². The lowest BCUT2D eigenvalue weighted by molar-refractivity contribution is 0.102. The average molecular weight is 477 g/mol. The van der Waals surface area contributed by atoms with Crippen molar-refractivity contribution in [2.75, 3.05) is 17.7 Å². The first-order chi connectivity index (χ1) is 16.2. The third kappa shape index (κ3) is 4.87. The van der Waals surface area contributed by atoms with Crippen LogP contribution in [0.2, 0.25) is 0 Å². The Morgan fingerprint density at radius 2 is 1.71 bits per heavy atom. The summed E-state index contributed by atoms with van der Waals surface area (Å²) in [7, 11) is 1.58. The highest BCUT2D eigenvalue weighted by Crippen LogP contribution is 2.44. The van der Waals surface area contributed by atoms with Gasteiger partial charge in [0.05, 0.1) is 18.4 Å². The summed E-state index contributed by atoms with van der Waals surface area (Å²) in [5.41, 5.74) is 3.92. The minimum Gasteiger partial charge on any atom is -0.495 e. The van der Waals surface area contributed by atoms with E-state index in [2.05, 4.69) is 31.4 Å². The maximum absolute atomic E-state index is 13.6. The molecular weight excluding hydrogens is 444 g/mol. The molecule has 2 N–H and O–H groups in total. The van der Waals surface area contributed by atoms with Crippen LogP contribution in [0.4, 0.5) is 10.7 Å². The van der Waals surface area contributed by atoms with Gasteiger partial charge in [-0.3, -0.25) is 9.59 Å². The molecule has 5 nitrogen and oxygen atoms in total. The summed E-state index contributed by atoms with van der Waals surface area (Å²) in [5.74, 6) is 0.702. The summed E-state index contributed by atoms with van der Waals surface area (Å²) in [6.45, 7) is 8.73. The van der Waals surface area contributed by atoms with E-state index in [1.807, 2.05) is 55.5 Å². The molecule has 1 aromatic heterocycles. The first kappa shape index (κ1) is 24.0. The number of thiophene rings is 1. The molecule has 1 atom stereocenters. The van der Waals surface area contributed by atoms with E-state index >= 15 is 0 Å². The predicted molar refractivity (Wildman–Crippen MR) is 139 cm³/mol. The Labute approximate surface area is 205 Å². The molecule has 0 unspecified atom stereocenters. The van der Waals surface area contributed by atoms with E-state index in [0.717, 1.165) is 30.4 Å². The van der Waals surface area contributed by atoms with Gasteiger partial charge < -0.3 is 15.4 Å². The quantitative estimate of drug-likeness (QED) is 0.429. The highest BCUT2D eigenvalue weighted by molar-refractivity contribution is 7.17. The Balaban J connectivity index is 1.71. The summed E-state index contributed by atoms with van der Waals surface area (Å²) in [6.07, 6.45) is 2.76. The molecule has 0 aliphatic heterocycles. The molecule has 3 aromatic rings. The number of methoxy groups -OCH3 is 1. The number of hydrogen-bond donors (Lipinski definition) is 2. The van der Waals surface area contributed by atoms with Crippen LogP contribution < -0.4 is 15.4 Å². The Morgan fingerprint density at radius 1 is 1.00 bits per heavy atom. The summed E-state index contributed by atoms with van der Waals surface area (Å²) in [4.78, 5) is 27.9. The molecule has 6 heteroatoms. The van der Waals surface area contributed by atoms with Crippen LogP contribution in [0.25, 0.3) is 0 Å². The van der Waals surface area contributed by atoms with Gasteiger partial charge in [0.15, 0.2) is 0 Å². The molecule has 0 saturated heterocycles. The van der Waals surface area contributed by atoms with Crippen molar-refractivity contribution in [3.63, 3.8) is 0 Å². The van der Waals surface area contributed by atoms with Gasteiger partial charge in [-0.25, -0.2) is 0 Å². The third-order valence-electron chi connectivity index (χ3n) is 6.69. The minimum absolute atomic E-state index is 0.187. The van der Waals surface area contributed by atoms with Crippen LogP contribution in [-0.2, 0) is 12.8 Å². The zero-order valence-corrected chi connectivity index (χ0v) is 21.3. The van der Waals surface area contributed by atoms with Crippen molar-refractivity contribution < 1.29 is 14.3 Å². The molecule has 1 heterocycles. The largest absolute Gasteiger partial charge is 0.495 e. The number of ether oxygens (including phenoxy) is 1. The number of rotatable bonds is 5. The highest BCUT2D eigenvalue weighted by Gasteiger charge is 2.34. The number of hydrogen-bond acceptors (Lipinski definition) is 4. The molecule has 0 saturated carbocycles. The van der Waals surface area contributed by atoms with Gasteiger partial charge in [-0.1, -0.05) is 51.1 Å². The molecule has 1 aliphatic carbocycles. The molecule has 0 bridgehead atoms. The number of amides is 2. The molecule has 34 heavy (non-hydrogen) atoms. The summed E-state index contributed by atoms with van der Waals surface area (Å²) in [5, 5.41) is 6.68. The maximum Gasteiger partial charge on any atom is 0.259 e. The number of anilines is 2. The van der Waals surface area contributed by atoms with Gasteiger partial charge in [0.2, 0.25) is 0 Å². The SMILES string of the molecule is COc1ccccc1NC(=O)c1c(NC(=O)c2ccccc2C)sc2c1CC[C@@H](C(C)(C)C)C2. The molecule has 2 amide bonds. The number of para-hydroxylation sites is 2. The number of carbonyl (C=O) groups excluding carboxylic acids is 2. The molecule has 4 rings (SSSR count). The highest BCUT2D eigenvalue weighted by atomic mass is 32.1. The Kier molecular flexibility index (Phi) is 6.80.